The zero-order chi connectivity index (χ0) is 33.5. The van der Waals surface area contributed by atoms with Crippen LogP contribution in [0.4, 0.5) is 14.0 Å². The molecule has 16 heteroatoms. The number of benzene rings is 2. The van der Waals surface area contributed by atoms with Crippen LogP contribution in [0.1, 0.15) is 36.5 Å². The van der Waals surface area contributed by atoms with Crippen molar-refractivity contribution >= 4 is 34.2 Å². The Hall–Kier alpha value is -4.83. The summed E-state index contributed by atoms with van der Waals surface area (Å²) in [6.45, 7) is 0.625. The fraction of sp³-hybridized carbons (Fsp3) is 0.387. The van der Waals surface area contributed by atoms with Crippen LogP contribution < -0.4 is 4.72 Å². The number of hydrogen-bond donors (Lipinski definition) is 1. The highest BCUT2D eigenvalue weighted by atomic mass is 32.2. The monoisotopic (exact) mass is 668 g/mol. The van der Waals surface area contributed by atoms with E-state index in [4.69, 9.17) is 4.74 Å². The van der Waals surface area contributed by atoms with Crippen molar-refractivity contribution in [3.05, 3.63) is 77.4 Å². The second kappa shape index (κ2) is 12.4. The molecule has 47 heavy (non-hydrogen) atoms. The van der Waals surface area contributed by atoms with Crippen LogP contribution >= 0.6 is 0 Å². The van der Waals surface area contributed by atoms with Crippen molar-refractivity contribution in [2.45, 2.75) is 44.4 Å². The highest BCUT2D eigenvalue weighted by molar-refractivity contribution is 7.87. The van der Waals surface area contributed by atoms with E-state index >= 15 is 0 Å². The number of carbonyl (C=O) groups is 4. The molecular weight excluding hydrogens is 635 g/mol. The summed E-state index contributed by atoms with van der Waals surface area (Å²) < 4.78 is 54.2. The zero-order valence-electron chi connectivity index (χ0n) is 25.7. The average molecular weight is 669 g/mol. The molecule has 2 fully saturated rings. The van der Waals surface area contributed by atoms with E-state index in [1.54, 1.807) is 16.9 Å². The molecule has 1 aromatic heterocycles. The van der Waals surface area contributed by atoms with Gasteiger partial charge in [0.05, 0.1) is 12.8 Å². The van der Waals surface area contributed by atoms with Crippen LogP contribution in [0.3, 0.4) is 0 Å². The normalized spacial score (nSPS) is 20.8. The van der Waals surface area contributed by atoms with Crippen LogP contribution in [-0.2, 0) is 54.9 Å². The first-order valence-corrected chi connectivity index (χ1v) is 16.5. The number of imide groups is 1. The first-order valence-electron chi connectivity index (χ1n) is 15.1. The van der Waals surface area contributed by atoms with Crippen LogP contribution in [0.2, 0.25) is 0 Å². The number of ether oxygens (including phenoxy) is 2. The number of aryl methyl sites for hydroxylation is 2. The zero-order valence-corrected chi connectivity index (χ0v) is 26.5. The van der Waals surface area contributed by atoms with Gasteiger partial charge in [0.2, 0.25) is 11.5 Å². The highest BCUT2D eigenvalue weighted by Gasteiger charge is 2.58. The maximum absolute atomic E-state index is 13.9. The van der Waals surface area contributed by atoms with E-state index < -0.39 is 58.2 Å². The van der Waals surface area contributed by atoms with Crippen LogP contribution in [-0.4, -0.2) is 88.6 Å². The van der Waals surface area contributed by atoms with E-state index in [9.17, 15) is 32.0 Å². The van der Waals surface area contributed by atoms with Gasteiger partial charge in [-0.1, -0.05) is 30.3 Å². The predicted octanol–water partition coefficient (Wildman–Crippen LogP) is 2.44. The summed E-state index contributed by atoms with van der Waals surface area (Å²) in [5.41, 5.74) is 2.20. The summed E-state index contributed by atoms with van der Waals surface area (Å²) in [7, 11) is -2.46. The van der Waals surface area contributed by atoms with E-state index in [1.807, 2.05) is 30.1 Å². The van der Waals surface area contributed by atoms with Crippen LogP contribution in [0.5, 0.6) is 0 Å². The van der Waals surface area contributed by atoms with Crippen molar-refractivity contribution in [2.75, 3.05) is 26.2 Å². The van der Waals surface area contributed by atoms with Gasteiger partial charge in [-0.25, -0.2) is 23.6 Å². The van der Waals surface area contributed by atoms with Gasteiger partial charge in [0.1, 0.15) is 12.4 Å². The van der Waals surface area contributed by atoms with Crippen LogP contribution in [0.25, 0.3) is 11.1 Å². The third kappa shape index (κ3) is 6.17. The molecule has 2 aliphatic heterocycles. The average Bonchev–Trinajstić information content (AvgIpc) is 3.82. The van der Waals surface area contributed by atoms with Gasteiger partial charge in [0, 0.05) is 56.5 Å². The summed E-state index contributed by atoms with van der Waals surface area (Å²) in [6.07, 6.45) is 2.41. The standard InChI is InChI=1S/C31H33FN6O8S/c1-3-45-29(41)34-47(43,44)36-13-11-25(18-36)37(16-20-4-7-24(32)8-5-20)27(39)19-38-28(40)31(46-30(38)42)12-10-22-14-21(6-9-26(22)31)23-15-33-35(2)17-23/h4-9,14-15,17,25H,3,10-13,16,18-19H2,1-2H3,(H,34,41)/t25-,31-/m1/s1. The Kier molecular flexibility index (Phi) is 8.48. The molecule has 0 unspecified atom stereocenters. The van der Waals surface area contributed by atoms with Crippen molar-refractivity contribution in [3.63, 3.8) is 0 Å². The summed E-state index contributed by atoms with van der Waals surface area (Å²) in [4.78, 5) is 54.9. The second-order valence-electron chi connectivity index (χ2n) is 11.6. The molecule has 3 aliphatic rings. The summed E-state index contributed by atoms with van der Waals surface area (Å²) in [6, 6.07) is 10.3. The summed E-state index contributed by atoms with van der Waals surface area (Å²) in [5, 5.41) is 4.20. The number of amides is 4. The Bertz CT molecular complexity index is 1850. The number of carbonyl (C=O) groups excluding carboxylic acids is 4. The van der Waals surface area contributed by atoms with E-state index in [1.165, 1.54) is 36.1 Å². The summed E-state index contributed by atoms with van der Waals surface area (Å²) in [5.74, 6) is -1.76. The van der Waals surface area contributed by atoms with E-state index in [0.717, 1.165) is 25.9 Å². The van der Waals surface area contributed by atoms with Crippen LogP contribution in [0, 0.1) is 5.82 Å². The third-order valence-corrected chi connectivity index (χ3v) is 10.1. The Balaban J connectivity index is 1.21. The molecule has 2 saturated heterocycles. The molecule has 1 spiro atoms. The Morgan fingerprint density at radius 3 is 2.64 bits per heavy atom. The molecule has 0 bridgehead atoms. The van der Waals surface area contributed by atoms with Gasteiger partial charge in [-0.3, -0.25) is 14.3 Å². The smallest absolute Gasteiger partial charge is 0.421 e. The number of rotatable bonds is 9. The fourth-order valence-corrected chi connectivity index (χ4v) is 7.46. The van der Waals surface area contributed by atoms with Crippen molar-refractivity contribution in [2.24, 2.45) is 7.05 Å². The van der Waals surface area contributed by atoms with E-state index in [-0.39, 0.29) is 39.1 Å². The molecule has 4 amide bonds. The van der Waals surface area contributed by atoms with Crippen LogP contribution in [0.15, 0.2) is 54.9 Å². The minimum absolute atomic E-state index is 0.0157. The quantitative estimate of drug-likeness (QED) is 0.361. The summed E-state index contributed by atoms with van der Waals surface area (Å²) >= 11 is 0. The minimum Gasteiger partial charge on any atom is -0.449 e. The molecule has 6 rings (SSSR count). The second-order valence-corrected chi connectivity index (χ2v) is 13.3. The molecule has 1 N–H and O–H groups in total. The van der Waals surface area contributed by atoms with E-state index in [2.05, 4.69) is 9.84 Å². The Morgan fingerprint density at radius 1 is 1.17 bits per heavy atom. The number of hydrogen-bond acceptors (Lipinski definition) is 9. The highest BCUT2D eigenvalue weighted by Crippen LogP contribution is 2.46. The molecule has 248 valence electrons. The van der Waals surface area contributed by atoms with E-state index in [0.29, 0.717) is 17.5 Å². The number of nitrogens with zero attached hydrogens (tertiary/aromatic N) is 5. The number of fused-ring (bicyclic) bond motifs is 2. The largest absolute Gasteiger partial charge is 0.449 e. The molecule has 3 heterocycles. The van der Waals surface area contributed by atoms with Crippen molar-refractivity contribution < 1.29 is 41.5 Å². The maximum Gasteiger partial charge on any atom is 0.421 e. The number of halogens is 1. The van der Waals surface area contributed by atoms with Gasteiger partial charge >= 0.3 is 22.4 Å². The molecular formula is C31H33FN6O8S. The van der Waals surface area contributed by atoms with Gasteiger partial charge in [-0.15, -0.1) is 0 Å². The number of aromatic nitrogens is 2. The molecule has 2 atom stereocenters. The molecule has 3 aromatic rings. The van der Waals surface area contributed by atoms with Crippen molar-refractivity contribution in [1.82, 2.24) is 28.6 Å². The lowest BCUT2D eigenvalue weighted by Gasteiger charge is -2.30. The molecule has 14 nitrogen and oxygen atoms in total. The number of nitrogens with one attached hydrogen (secondary N) is 1. The van der Waals surface area contributed by atoms with Gasteiger partial charge in [-0.05, 0) is 48.6 Å². The van der Waals surface area contributed by atoms with Crippen molar-refractivity contribution in [1.29, 1.82) is 0 Å². The third-order valence-electron chi connectivity index (χ3n) is 8.67. The Labute approximate surface area is 270 Å². The first kappa shape index (κ1) is 32.1. The lowest BCUT2D eigenvalue weighted by molar-refractivity contribution is -0.143. The van der Waals surface area contributed by atoms with Gasteiger partial charge in [0.25, 0.3) is 5.91 Å². The fourth-order valence-electron chi connectivity index (χ4n) is 6.35. The molecule has 0 radical (unpaired) electrons. The van der Waals surface area contributed by atoms with Gasteiger partial charge < -0.3 is 14.4 Å². The lowest BCUT2D eigenvalue weighted by Crippen LogP contribution is -2.49. The predicted molar refractivity (Wildman–Crippen MR) is 163 cm³/mol. The molecule has 2 aromatic carbocycles. The SMILES string of the molecule is CCOC(=O)NS(=O)(=O)N1CC[C@@H](N(Cc2ccc(F)cc2)C(=O)CN2C(=O)O[C@@]3(CCc4cc(-c5cnn(C)c5)ccc43)C2=O)C1. The van der Waals surface area contributed by atoms with Gasteiger partial charge in [0.15, 0.2) is 0 Å². The Morgan fingerprint density at radius 2 is 1.94 bits per heavy atom. The topological polar surface area (TPSA) is 160 Å². The molecule has 0 saturated carbocycles. The molecule has 1 aliphatic carbocycles. The minimum atomic E-state index is -4.28. The maximum atomic E-state index is 13.9. The van der Waals surface area contributed by atoms with Gasteiger partial charge in [-0.2, -0.15) is 17.8 Å². The first-order chi connectivity index (χ1) is 22.4. The lowest BCUT2D eigenvalue weighted by atomic mass is 9.93. The van der Waals surface area contributed by atoms with Crippen molar-refractivity contribution in [3.8, 4) is 11.1 Å².